The van der Waals surface area contributed by atoms with Gasteiger partial charge in [0.15, 0.2) is 22.8 Å². The van der Waals surface area contributed by atoms with Gasteiger partial charge in [0.05, 0.1) is 32.0 Å². The lowest BCUT2D eigenvalue weighted by Gasteiger charge is -2.09. The molecule has 0 atom stereocenters. The van der Waals surface area contributed by atoms with Gasteiger partial charge in [0.2, 0.25) is 0 Å². The van der Waals surface area contributed by atoms with Crippen molar-refractivity contribution in [1.29, 1.82) is 0 Å². The molecule has 3 aromatic heterocycles. The van der Waals surface area contributed by atoms with Crippen LogP contribution in [0.5, 0.6) is 0 Å². The number of aromatic nitrogens is 4. The summed E-state index contributed by atoms with van der Waals surface area (Å²) in [5.41, 5.74) is 0.865. The van der Waals surface area contributed by atoms with Gasteiger partial charge in [-0.3, -0.25) is 4.99 Å². The van der Waals surface area contributed by atoms with Crippen molar-refractivity contribution >= 4 is 11.2 Å². The number of hydrogen-bond acceptors (Lipinski definition) is 4. The zero-order valence-electron chi connectivity index (χ0n) is 13.3. The first-order valence-corrected chi connectivity index (χ1v) is 7.67. The van der Waals surface area contributed by atoms with Crippen molar-refractivity contribution in [3.63, 3.8) is 0 Å². The van der Waals surface area contributed by atoms with Crippen molar-refractivity contribution in [3.8, 4) is 0 Å². The number of nitrogens with zero attached hydrogens (tertiary/aromatic N) is 4. The summed E-state index contributed by atoms with van der Waals surface area (Å²) in [5, 5.41) is 0. The third-order valence-corrected chi connectivity index (χ3v) is 3.87. The number of benzene rings is 1. The second-order valence-electron chi connectivity index (χ2n) is 5.51. The second kappa shape index (κ2) is 6.51. The SMILES string of the molecule is Fc1ccc(F)c(Cn2cnc(=NCc3ccco3)c3[nH]cnc32)c1F. The maximum atomic E-state index is 13.9. The highest BCUT2D eigenvalue weighted by Crippen LogP contribution is 2.18. The van der Waals surface area contributed by atoms with Gasteiger partial charge in [0.1, 0.15) is 17.1 Å². The van der Waals surface area contributed by atoms with Gasteiger partial charge in [-0.25, -0.2) is 23.1 Å². The van der Waals surface area contributed by atoms with Crippen LogP contribution in [0.3, 0.4) is 0 Å². The molecule has 0 radical (unpaired) electrons. The minimum atomic E-state index is -1.23. The van der Waals surface area contributed by atoms with E-state index in [0.717, 1.165) is 12.1 Å². The molecule has 0 fully saturated rings. The number of rotatable bonds is 4. The predicted molar refractivity (Wildman–Crippen MR) is 85.3 cm³/mol. The number of aromatic amines is 1. The fraction of sp³-hybridized carbons (Fsp3) is 0.118. The van der Waals surface area contributed by atoms with E-state index in [0.29, 0.717) is 22.4 Å². The maximum Gasteiger partial charge on any atom is 0.177 e. The summed E-state index contributed by atoms with van der Waals surface area (Å²) < 4.78 is 47.9. The van der Waals surface area contributed by atoms with Crippen molar-refractivity contribution in [2.75, 3.05) is 0 Å². The van der Waals surface area contributed by atoms with Crippen molar-refractivity contribution < 1.29 is 17.6 Å². The summed E-state index contributed by atoms with van der Waals surface area (Å²) in [7, 11) is 0. The third kappa shape index (κ3) is 2.87. The average molecular weight is 359 g/mol. The molecular formula is C17H12F3N5O. The fourth-order valence-electron chi connectivity index (χ4n) is 2.59. The van der Waals surface area contributed by atoms with Gasteiger partial charge >= 0.3 is 0 Å². The van der Waals surface area contributed by atoms with Crippen molar-refractivity contribution in [1.82, 2.24) is 19.5 Å². The number of hydrogen-bond donors (Lipinski definition) is 1. The Morgan fingerprint density at radius 2 is 1.96 bits per heavy atom. The zero-order valence-corrected chi connectivity index (χ0v) is 13.3. The molecule has 4 rings (SSSR count). The molecule has 0 aliphatic rings. The number of H-pyrrole nitrogens is 1. The first-order chi connectivity index (χ1) is 12.6. The van der Waals surface area contributed by atoms with Gasteiger partial charge in [-0.15, -0.1) is 0 Å². The van der Waals surface area contributed by atoms with E-state index in [1.807, 2.05) is 0 Å². The van der Waals surface area contributed by atoms with E-state index in [4.69, 9.17) is 4.42 Å². The molecule has 26 heavy (non-hydrogen) atoms. The van der Waals surface area contributed by atoms with E-state index in [9.17, 15) is 13.2 Å². The molecular weight excluding hydrogens is 347 g/mol. The Morgan fingerprint density at radius 1 is 1.12 bits per heavy atom. The van der Waals surface area contributed by atoms with E-state index in [1.165, 1.54) is 17.2 Å². The summed E-state index contributed by atoms with van der Waals surface area (Å²) in [6, 6.07) is 5.17. The van der Waals surface area contributed by atoms with Crippen LogP contribution < -0.4 is 5.49 Å². The average Bonchev–Trinajstić information content (AvgIpc) is 3.32. The van der Waals surface area contributed by atoms with E-state index in [1.54, 1.807) is 18.4 Å². The fourth-order valence-corrected chi connectivity index (χ4v) is 2.59. The molecule has 1 aromatic carbocycles. The van der Waals surface area contributed by atoms with E-state index in [2.05, 4.69) is 19.9 Å². The summed E-state index contributed by atoms with van der Waals surface area (Å²) in [4.78, 5) is 15.6. The van der Waals surface area contributed by atoms with Gasteiger partial charge in [0, 0.05) is 5.56 Å². The van der Waals surface area contributed by atoms with Gasteiger partial charge in [-0.2, -0.15) is 0 Å². The molecule has 1 N–H and O–H groups in total. The van der Waals surface area contributed by atoms with Crippen LogP contribution in [-0.4, -0.2) is 19.5 Å². The molecule has 0 aliphatic heterocycles. The zero-order chi connectivity index (χ0) is 18.1. The smallest absolute Gasteiger partial charge is 0.177 e. The first kappa shape index (κ1) is 16.1. The van der Waals surface area contributed by atoms with Crippen LogP contribution in [0.15, 0.2) is 52.6 Å². The van der Waals surface area contributed by atoms with Crippen LogP contribution >= 0.6 is 0 Å². The van der Waals surface area contributed by atoms with Crippen LogP contribution in [0.2, 0.25) is 0 Å². The number of fused-ring (bicyclic) bond motifs is 1. The Hall–Kier alpha value is -3.36. The Morgan fingerprint density at radius 3 is 2.77 bits per heavy atom. The Balaban J connectivity index is 1.75. The van der Waals surface area contributed by atoms with Gasteiger partial charge < -0.3 is 14.0 Å². The van der Waals surface area contributed by atoms with Crippen molar-refractivity contribution in [2.24, 2.45) is 4.99 Å². The standard InChI is InChI=1S/C17H12F3N5O/c18-12-3-4-13(19)14(20)11(12)7-25-9-24-16(15-17(25)23-8-22-15)21-6-10-2-1-5-26-10/h1-5,8-9H,6-7H2,(H,22,23). The lowest BCUT2D eigenvalue weighted by molar-refractivity contribution is 0.474. The number of furan rings is 1. The van der Waals surface area contributed by atoms with Crippen LogP contribution in [0, 0.1) is 17.5 Å². The molecule has 6 nitrogen and oxygen atoms in total. The summed E-state index contributed by atoms with van der Waals surface area (Å²) in [6.07, 6.45) is 4.33. The van der Waals surface area contributed by atoms with E-state index < -0.39 is 23.0 Å². The molecule has 0 amide bonds. The largest absolute Gasteiger partial charge is 0.467 e. The topological polar surface area (TPSA) is 72.0 Å². The van der Waals surface area contributed by atoms with Crippen LogP contribution in [0.25, 0.3) is 11.2 Å². The molecule has 0 unspecified atom stereocenters. The summed E-state index contributed by atoms with van der Waals surface area (Å²) >= 11 is 0. The first-order valence-electron chi connectivity index (χ1n) is 7.67. The predicted octanol–water partition coefficient (Wildman–Crippen LogP) is 2.92. The van der Waals surface area contributed by atoms with E-state index >= 15 is 0 Å². The third-order valence-electron chi connectivity index (χ3n) is 3.87. The quantitative estimate of drug-likeness (QED) is 0.570. The van der Waals surface area contributed by atoms with Crippen molar-refractivity contribution in [2.45, 2.75) is 13.1 Å². The lowest BCUT2D eigenvalue weighted by Crippen LogP contribution is -2.16. The van der Waals surface area contributed by atoms with Gasteiger partial charge in [-0.1, -0.05) is 0 Å². The highest BCUT2D eigenvalue weighted by molar-refractivity contribution is 5.68. The molecule has 0 aliphatic carbocycles. The molecule has 0 spiro atoms. The highest BCUT2D eigenvalue weighted by Gasteiger charge is 2.16. The Labute approximate surface area is 144 Å². The number of halogens is 3. The normalized spacial score (nSPS) is 12.2. The number of imidazole rings is 1. The van der Waals surface area contributed by atoms with Gasteiger partial charge in [0.25, 0.3) is 0 Å². The Bertz CT molecular complexity index is 1130. The van der Waals surface area contributed by atoms with Gasteiger partial charge in [-0.05, 0) is 24.3 Å². The van der Waals surface area contributed by atoms with Crippen molar-refractivity contribution in [3.05, 3.63) is 77.4 Å². The lowest BCUT2D eigenvalue weighted by atomic mass is 10.2. The number of nitrogens with one attached hydrogen (secondary N) is 1. The molecule has 0 bridgehead atoms. The highest BCUT2D eigenvalue weighted by atomic mass is 19.2. The Kier molecular flexibility index (Phi) is 4.04. The van der Waals surface area contributed by atoms with E-state index in [-0.39, 0.29) is 13.1 Å². The molecule has 9 heteroatoms. The van der Waals surface area contributed by atoms with Crippen LogP contribution in [-0.2, 0) is 13.1 Å². The summed E-state index contributed by atoms with van der Waals surface area (Å²) in [5.74, 6) is -2.52. The second-order valence-corrected chi connectivity index (χ2v) is 5.51. The minimum Gasteiger partial charge on any atom is -0.467 e. The summed E-state index contributed by atoms with van der Waals surface area (Å²) in [6.45, 7) is 0.0214. The molecule has 3 heterocycles. The van der Waals surface area contributed by atoms with Crippen LogP contribution in [0.4, 0.5) is 13.2 Å². The monoisotopic (exact) mass is 359 g/mol. The molecule has 0 saturated heterocycles. The molecule has 132 valence electrons. The molecule has 4 aromatic rings. The minimum absolute atomic E-state index is 0.262. The molecule has 0 saturated carbocycles. The van der Waals surface area contributed by atoms with Crippen LogP contribution in [0.1, 0.15) is 11.3 Å². The maximum absolute atomic E-state index is 13.9.